The van der Waals surface area contributed by atoms with Crippen LogP contribution in [0.5, 0.6) is 11.5 Å². The predicted octanol–water partition coefficient (Wildman–Crippen LogP) is 2.12. The van der Waals surface area contributed by atoms with E-state index in [-0.39, 0.29) is 17.0 Å². The number of carbonyl (C=O) groups excluding carboxylic acids is 1. The summed E-state index contributed by atoms with van der Waals surface area (Å²) in [6.07, 6.45) is 0. The second-order valence-electron chi connectivity index (χ2n) is 6.23. The number of nitrogens with two attached hydrogens (primary N) is 1. The van der Waals surface area contributed by atoms with Crippen LogP contribution in [0.2, 0.25) is 0 Å². The highest BCUT2D eigenvalue weighted by atomic mass is 32.2. The molecule has 0 aliphatic carbocycles. The summed E-state index contributed by atoms with van der Waals surface area (Å²) >= 11 is 0. The first-order valence-electron chi connectivity index (χ1n) is 8.62. The summed E-state index contributed by atoms with van der Waals surface area (Å²) in [7, 11) is -0.469. The molecule has 0 heterocycles. The zero-order valence-corrected chi connectivity index (χ0v) is 16.9. The molecule has 0 aliphatic heterocycles. The zero-order chi connectivity index (χ0) is 20.7. The molecule has 1 unspecified atom stereocenters. The van der Waals surface area contributed by atoms with Crippen LogP contribution >= 0.6 is 0 Å². The number of nitrogens with one attached hydrogen (secondary N) is 1. The summed E-state index contributed by atoms with van der Waals surface area (Å²) in [6, 6.07) is 12.7. The number of sulfonamides is 1. The van der Waals surface area contributed by atoms with E-state index in [4.69, 9.17) is 14.6 Å². The summed E-state index contributed by atoms with van der Waals surface area (Å²) in [4.78, 5) is 13.8. The Morgan fingerprint density at radius 1 is 1.11 bits per heavy atom. The highest BCUT2D eigenvalue weighted by Crippen LogP contribution is 2.17. The van der Waals surface area contributed by atoms with Gasteiger partial charge in [0.15, 0.2) is 0 Å². The van der Waals surface area contributed by atoms with Crippen molar-refractivity contribution in [3.05, 3.63) is 54.1 Å². The lowest BCUT2D eigenvalue weighted by Crippen LogP contribution is -2.40. The molecule has 2 aromatic rings. The standard InChI is InChI=1S/C19H25N3O5S/c1-14(15-4-10-18(11-5-15)28(20,24)25)21-19(23)22(2)12-13-27-17-8-6-16(26-3)7-9-17/h4-11,14H,12-13H2,1-3H3,(H,21,23)(H2,20,24,25). The van der Waals surface area contributed by atoms with Crippen LogP contribution in [0.3, 0.4) is 0 Å². The number of benzene rings is 2. The van der Waals surface area contributed by atoms with Gasteiger partial charge in [-0.05, 0) is 48.9 Å². The average molecular weight is 407 g/mol. The third kappa shape index (κ3) is 6.14. The minimum atomic E-state index is -3.74. The monoisotopic (exact) mass is 407 g/mol. The van der Waals surface area contributed by atoms with Crippen LogP contribution in [0.25, 0.3) is 0 Å². The first-order chi connectivity index (χ1) is 13.2. The quantitative estimate of drug-likeness (QED) is 0.696. The van der Waals surface area contributed by atoms with Crippen molar-refractivity contribution in [3.63, 3.8) is 0 Å². The smallest absolute Gasteiger partial charge is 0.317 e. The highest BCUT2D eigenvalue weighted by Gasteiger charge is 2.14. The molecule has 9 heteroatoms. The zero-order valence-electron chi connectivity index (χ0n) is 16.1. The summed E-state index contributed by atoms with van der Waals surface area (Å²) in [5.74, 6) is 1.44. The van der Waals surface area contributed by atoms with Crippen LogP contribution in [-0.4, -0.2) is 46.7 Å². The Bertz CT molecular complexity index is 883. The van der Waals surface area contributed by atoms with Gasteiger partial charge in [-0.15, -0.1) is 0 Å². The number of carbonyl (C=O) groups is 1. The molecule has 0 saturated heterocycles. The van der Waals surface area contributed by atoms with Crippen LogP contribution in [-0.2, 0) is 10.0 Å². The number of primary sulfonamides is 1. The van der Waals surface area contributed by atoms with Crippen molar-refractivity contribution in [2.24, 2.45) is 5.14 Å². The van der Waals surface area contributed by atoms with Crippen LogP contribution in [0, 0.1) is 0 Å². The van der Waals surface area contributed by atoms with Crippen molar-refractivity contribution in [3.8, 4) is 11.5 Å². The molecule has 0 aliphatic rings. The van der Waals surface area contributed by atoms with Crippen molar-refractivity contribution < 1.29 is 22.7 Å². The molecule has 2 amide bonds. The molecular weight excluding hydrogens is 382 g/mol. The van der Waals surface area contributed by atoms with E-state index in [1.807, 2.05) is 6.92 Å². The molecule has 0 aromatic heterocycles. The summed E-state index contributed by atoms with van der Waals surface area (Å²) in [6.45, 7) is 2.55. The molecule has 1 atom stereocenters. The number of rotatable bonds is 8. The van der Waals surface area contributed by atoms with Gasteiger partial charge in [0, 0.05) is 7.05 Å². The fourth-order valence-corrected chi connectivity index (χ4v) is 2.91. The number of nitrogens with zero attached hydrogens (tertiary/aromatic N) is 1. The van der Waals surface area contributed by atoms with Crippen LogP contribution in [0.4, 0.5) is 4.79 Å². The number of methoxy groups -OCH3 is 1. The molecule has 0 spiro atoms. The van der Waals surface area contributed by atoms with E-state index in [1.165, 1.54) is 17.0 Å². The SMILES string of the molecule is COc1ccc(OCCN(C)C(=O)NC(C)c2ccc(S(N)(=O)=O)cc2)cc1. The fraction of sp³-hybridized carbons (Fsp3) is 0.316. The van der Waals surface area contributed by atoms with E-state index in [0.29, 0.717) is 18.9 Å². The molecule has 0 saturated carbocycles. The summed E-state index contributed by atoms with van der Waals surface area (Å²) in [5, 5.41) is 7.94. The van der Waals surface area contributed by atoms with Crippen LogP contribution in [0.15, 0.2) is 53.4 Å². The first-order valence-corrected chi connectivity index (χ1v) is 10.2. The lowest BCUT2D eigenvalue weighted by atomic mass is 10.1. The molecule has 3 N–H and O–H groups in total. The number of hydrogen-bond donors (Lipinski definition) is 2. The van der Waals surface area contributed by atoms with Crippen molar-refractivity contribution in [2.75, 3.05) is 27.3 Å². The minimum absolute atomic E-state index is 0.0302. The largest absolute Gasteiger partial charge is 0.497 e. The van der Waals surface area contributed by atoms with Gasteiger partial charge in [0.25, 0.3) is 0 Å². The van der Waals surface area contributed by atoms with Gasteiger partial charge < -0.3 is 19.7 Å². The highest BCUT2D eigenvalue weighted by molar-refractivity contribution is 7.89. The molecular formula is C19H25N3O5S. The molecule has 0 bridgehead atoms. The van der Waals surface area contributed by atoms with Gasteiger partial charge in [0.1, 0.15) is 18.1 Å². The topological polar surface area (TPSA) is 111 Å². The summed E-state index contributed by atoms with van der Waals surface area (Å²) < 4.78 is 33.3. The molecule has 0 radical (unpaired) electrons. The fourth-order valence-electron chi connectivity index (χ4n) is 2.40. The predicted molar refractivity (Wildman–Crippen MR) is 106 cm³/mol. The average Bonchev–Trinajstić information content (AvgIpc) is 2.67. The minimum Gasteiger partial charge on any atom is -0.497 e. The van der Waals surface area contributed by atoms with Gasteiger partial charge in [-0.3, -0.25) is 0 Å². The molecule has 0 fully saturated rings. The third-order valence-electron chi connectivity index (χ3n) is 4.15. The van der Waals surface area contributed by atoms with Crippen LogP contribution in [0.1, 0.15) is 18.5 Å². The maximum absolute atomic E-state index is 12.3. The van der Waals surface area contributed by atoms with E-state index in [2.05, 4.69) is 5.32 Å². The number of urea groups is 1. The van der Waals surface area contributed by atoms with Crippen molar-refractivity contribution in [2.45, 2.75) is 17.9 Å². The third-order valence-corrected chi connectivity index (χ3v) is 5.08. The van der Waals surface area contributed by atoms with Gasteiger partial charge in [0.2, 0.25) is 10.0 Å². The Hall–Kier alpha value is -2.78. The number of ether oxygens (including phenoxy) is 2. The number of likely N-dealkylation sites (N-methyl/N-ethyl adjacent to an activating group) is 1. The second-order valence-corrected chi connectivity index (χ2v) is 7.79. The Morgan fingerprint density at radius 2 is 1.68 bits per heavy atom. The lowest BCUT2D eigenvalue weighted by molar-refractivity contribution is 0.192. The second kappa shape index (κ2) is 9.43. The van der Waals surface area contributed by atoms with Gasteiger partial charge in [0.05, 0.1) is 24.6 Å². The van der Waals surface area contributed by atoms with E-state index >= 15 is 0 Å². The van der Waals surface area contributed by atoms with Gasteiger partial charge in [-0.25, -0.2) is 18.4 Å². The first kappa shape index (κ1) is 21.5. The number of amides is 2. The molecule has 2 rings (SSSR count). The Morgan fingerprint density at radius 3 is 2.21 bits per heavy atom. The van der Waals surface area contributed by atoms with E-state index in [9.17, 15) is 13.2 Å². The molecule has 152 valence electrons. The van der Waals surface area contributed by atoms with Crippen molar-refractivity contribution in [1.82, 2.24) is 10.2 Å². The Labute approximate surface area is 165 Å². The van der Waals surface area contributed by atoms with Gasteiger partial charge in [-0.2, -0.15) is 0 Å². The molecule has 8 nitrogen and oxygen atoms in total. The van der Waals surface area contributed by atoms with Gasteiger partial charge in [-0.1, -0.05) is 12.1 Å². The van der Waals surface area contributed by atoms with E-state index in [1.54, 1.807) is 50.6 Å². The Balaban J connectivity index is 1.82. The van der Waals surface area contributed by atoms with Crippen LogP contribution < -0.4 is 19.9 Å². The molecule has 28 heavy (non-hydrogen) atoms. The number of hydrogen-bond acceptors (Lipinski definition) is 5. The van der Waals surface area contributed by atoms with Gasteiger partial charge >= 0.3 is 6.03 Å². The molecule has 2 aromatic carbocycles. The summed E-state index contributed by atoms with van der Waals surface area (Å²) in [5.41, 5.74) is 0.767. The van der Waals surface area contributed by atoms with E-state index in [0.717, 1.165) is 11.3 Å². The lowest BCUT2D eigenvalue weighted by Gasteiger charge is -2.22. The maximum atomic E-state index is 12.3. The van der Waals surface area contributed by atoms with Crippen molar-refractivity contribution in [1.29, 1.82) is 0 Å². The maximum Gasteiger partial charge on any atom is 0.317 e. The van der Waals surface area contributed by atoms with E-state index < -0.39 is 10.0 Å². The normalized spacial score (nSPS) is 12.1. The van der Waals surface area contributed by atoms with Crippen molar-refractivity contribution >= 4 is 16.1 Å². The Kier molecular flexibility index (Phi) is 7.24.